The quantitative estimate of drug-likeness (QED) is 0.535. The van der Waals surface area contributed by atoms with E-state index in [1.165, 1.54) is 18.4 Å². The van der Waals surface area contributed by atoms with Crippen molar-refractivity contribution in [3.8, 4) is 0 Å². The highest BCUT2D eigenvalue weighted by Gasteiger charge is 2.11. The third-order valence-electron chi connectivity index (χ3n) is 1.92. The molecule has 0 N–H and O–H groups in total. The van der Waals surface area contributed by atoms with Crippen LogP contribution in [0.15, 0.2) is 11.6 Å². The molecule has 0 spiro atoms. The molecule has 58 valence electrons. The molecule has 0 aromatic carbocycles. The molecule has 1 heteroatoms. The van der Waals surface area contributed by atoms with Gasteiger partial charge in [-0.3, -0.25) is 0 Å². The van der Waals surface area contributed by atoms with Crippen molar-refractivity contribution in [2.45, 2.75) is 39.2 Å². The Morgan fingerprint density at radius 1 is 1.70 bits per heavy atom. The summed E-state index contributed by atoms with van der Waals surface area (Å²) in [5.74, 6) is 0. The summed E-state index contributed by atoms with van der Waals surface area (Å²) in [7, 11) is 0. The van der Waals surface area contributed by atoms with E-state index in [-0.39, 0.29) is 0 Å². The summed E-state index contributed by atoms with van der Waals surface area (Å²) >= 11 is 0. The summed E-state index contributed by atoms with van der Waals surface area (Å²) < 4.78 is 5.51. The first-order valence-corrected chi connectivity index (χ1v) is 4.10. The van der Waals surface area contributed by atoms with Crippen LogP contribution in [0.3, 0.4) is 0 Å². The van der Waals surface area contributed by atoms with Crippen LogP contribution in [0.5, 0.6) is 0 Å². The molecular formula is C9H16O. The minimum absolute atomic E-state index is 0.509. The molecule has 1 heterocycles. The van der Waals surface area contributed by atoms with Crippen LogP contribution in [0.4, 0.5) is 0 Å². The van der Waals surface area contributed by atoms with Gasteiger partial charge >= 0.3 is 0 Å². The van der Waals surface area contributed by atoms with Gasteiger partial charge in [0.25, 0.3) is 0 Å². The van der Waals surface area contributed by atoms with Gasteiger partial charge in [0, 0.05) is 0 Å². The van der Waals surface area contributed by atoms with E-state index in [4.69, 9.17) is 4.74 Å². The van der Waals surface area contributed by atoms with Crippen molar-refractivity contribution < 1.29 is 4.74 Å². The largest absolute Gasteiger partial charge is 0.374 e. The lowest BCUT2D eigenvalue weighted by molar-refractivity contribution is 0.0578. The molecule has 1 atom stereocenters. The molecule has 1 nitrogen and oxygen atoms in total. The molecule has 0 saturated carbocycles. The minimum atomic E-state index is 0.509. The van der Waals surface area contributed by atoms with Gasteiger partial charge in [-0.2, -0.15) is 0 Å². The van der Waals surface area contributed by atoms with Crippen molar-refractivity contribution in [2.75, 3.05) is 6.61 Å². The Hall–Kier alpha value is -0.300. The van der Waals surface area contributed by atoms with Crippen molar-refractivity contribution in [3.05, 3.63) is 11.6 Å². The fourth-order valence-electron chi connectivity index (χ4n) is 1.34. The lowest BCUT2D eigenvalue weighted by Gasteiger charge is -2.20. The molecule has 0 aromatic rings. The second-order valence-electron chi connectivity index (χ2n) is 3.00. The van der Waals surface area contributed by atoms with Gasteiger partial charge < -0.3 is 4.74 Å². The maximum Gasteiger partial charge on any atom is 0.0653 e. The van der Waals surface area contributed by atoms with Gasteiger partial charge in [-0.25, -0.2) is 0 Å². The van der Waals surface area contributed by atoms with Gasteiger partial charge in [0.2, 0.25) is 0 Å². The lowest BCUT2D eigenvalue weighted by atomic mass is 10.0. The maximum absolute atomic E-state index is 5.51. The van der Waals surface area contributed by atoms with Crippen LogP contribution in [0.25, 0.3) is 0 Å². The van der Waals surface area contributed by atoms with Crippen molar-refractivity contribution in [3.63, 3.8) is 0 Å². The SMILES string of the molecule is CCCC1CC(C)=CCO1. The Bertz CT molecular complexity index is 127. The molecule has 0 fully saturated rings. The Morgan fingerprint density at radius 3 is 3.10 bits per heavy atom. The van der Waals surface area contributed by atoms with Crippen LogP contribution in [0, 0.1) is 0 Å². The molecule has 0 bridgehead atoms. The highest BCUT2D eigenvalue weighted by atomic mass is 16.5. The maximum atomic E-state index is 5.51. The van der Waals surface area contributed by atoms with E-state index in [0.29, 0.717) is 6.10 Å². The van der Waals surface area contributed by atoms with Crippen LogP contribution in [0.1, 0.15) is 33.1 Å². The van der Waals surface area contributed by atoms with E-state index in [1.807, 2.05) is 0 Å². The first kappa shape index (κ1) is 7.80. The predicted molar refractivity (Wildman–Crippen MR) is 43.0 cm³/mol. The summed E-state index contributed by atoms with van der Waals surface area (Å²) in [6.45, 7) is 5.22. The molecular weight excluding hydrogens is 124 g/mol. The highest BCUT2D eigenvalue weighted by molar-refractivity contribution is 5.02. The van der Waals surface area contributed by atoms with Crippen molar-refractivity contribution in [1.82, 2.24) is 0 Å². The van der Waals surface area contributed by atoms with Crippen LogP contribution in [0.2, 0.25) is 0 Å². The van der Waals surface area contributed by atoms with Crippen LogP contribution in [-0.4, -0.2) is 12.7 Å². The molecule has 0 saturated heterocycles. The van der Waals surface area contributed by atoms with Gasteiger partial charge in [0.05, 0.1) is 12.7 Å². The predicted octanol–water partition coefficient (Wildman–Crippen LogP) is 2.52. The average Bonchev–Trinajstić information content (AvgIpc) is 1.88. The smallest absolute Gasteiger partial charge is 0.0653 e. The third-order valence-corrected chi connectivity index (χ3v) is 1.92. The highest BCUT2D eigenvalue weighted by Crippen LogP contribution is 2.17. The first-order valence-electron chi connectivity index (χ1n) is 4.10. The van der Waals surface area contributed by atoms with Crippen LogP contribution >= 0.6 is 0 Å². The number of ether oxygens (including phenoxy) is 1. The third kappa shape index (κ3) is 2.14. The van der Waals surface area contributed by atoms with Gasteiger partial charge in [-0.15, -0.1) is 0 Å². The molecule has 1 aliphatic heterocycles. The standard InChI is InChI=1S/C9H16O/c1-3-4-9-7-8(2)5-6-10-9/h5,9H,3-4,6-7H2,1-2H3. The van der Waals surface area contributed by atoms with Crippen molar-refractivity contribution >= 4 is 0 Å². The summed E-state index contributed by atoms with van der Waals surface area (Å²) in [5.41, 5.74) is 1.49. The fraction of sp³-hybridized carbons (Fsp3) is 0.778. The Morgan fingerprint density at radius 2 is 2.50 bits per heavy atom. The van der Waals surface area contributed by atoms with E-state index in [9.17, 15) is 0 Å². The Kier molecular flexibility index (Phi) is 2.94. The number of rotatable bonds is 2. The molecule has 1 rings (SSSR count). The lowest BCUT2D eigenvalue weighted by Crippen LogP contribution is -2.17. The Balaban J connectivity index is 2.30. The van der Waals surface area contributed by atoms with Crippen LogP contribution < -0.4 is 0 Å². The van der Waals surface area contributed by atoms with Crippen LogP contribution in [-0.2, 0) is 4.74 Å². The second-order valence-corrected chi connectivity index (χ2v) is 3.00. The Labute approximate surface area is 63.1 Å². The number of hydrogen-bond donors (Lipinski definition) is 0. The van der Waals surface area contributed by atoms with E-state index >= 15 is 0 Å². The summed E-state index contributed by atoms with van der Waals surface area (Å²) in [6, 6.07) is 0. The monoisotopic (exact) mass is 140 g/mol. The molecule has 0 amide bonds. The van der Waals surface area contributed by atoms with Crippen molar-refractivity contribution in [2.24, 2.45) is 0 Å². The summed E-state index contributed by atoms with van der Waals surface area (Å²) in [5, 5.41) is 0. The second kappa shape index (κ2) is 3.77. The molecule has 1 unspecified atom stereocenters. The van der Waals surface area contributed by atoms with Gasteiger partial charge in [0.15, 0.2) is 0 Å². The molecule has 0 aliphatic carbocycles. The first-order chi connectivity index (χ1) is 4.83. The molecule has 1 aliphatic rings. The van der Waals surface area contributed by atoms with Gasteiger partial charge in [-0.05, 0) is 19.8 Å². The van der Waals surface area contributed by atoms with E-state index in [1.54, 1.807) is 0 Å². The fourth-order valence-corrected chi connectivity index (χ4v) is 1.34. The zero-order valence-corrected chi connectivity index (χ0v) is 6.89. The molecule has 10 heavy (non-hydrogen) atoms. The van der Waals surface area contributed by atoms with E-state index in [2.05, 4.69) is 19.9 Å². The van der Waals surface area contributed by atoms with E-state index < -0.39 is 0 Å². The number of hydrogen-bond acceptors (Lipinski definition) is 1. The van der Waals surface area contributed by atoms with E-state index in [0.717, 1.165) is 13.0 Å². The zero-order valence-electron chi connectivity index (χ0n) is 6.89. The molecule has 0 radical (unpaired) electrons. The molecule has 0 aromatic heterocycles. The van der Waals surface area contributed by atoms with Crippen molar-refractivity contribution in [1.29, 1.82) is 0 Å². The minimum Gasteiger partial charge on any atom is -0.374 e. The van der Waals surface area contributed by atoms with Gasteiger partial charge in [0.1, 0.15) is 0 Å². The average molecular weight is 140 g/mol. The summed E-state index contributed by atoms with van der Waals surface area (Å²) in [4.78, 5) is 0. The summed E-state index contributed by atoms with van der Waals surface area (Å²) in [6.07, 6.45) is 6.28. The zero-order chi connectivity index (χ0) is 7.40. The van der Waals surface area contributed by atoms with Gasteiger partial charge in [-0.1, -0.05) is 25.0 Å². The normalized spacial score (nSPS) is 26.2. The topological polar surface area (TPSA) is 9.23 Å².